The Labute approximate surface area is 216 Å². The molecule has 0 amide bonds. The molecule has 0 radical (unpaired) electrons. The van der Waals surface area contributed by atoms with Crippen molar-refractivity contribution in [2.75, 3.05) is 11.4 Å². The maximum atomic E-state index is 2.73. The van der Waals surface area contributed by atoms with E-state index in [1.807, 2.05) is 0 Å². The van der Waals surface area contributed by atoms with Crippen molar-refractivity contribution in [2.24, 2.45) is 0 Å². The number of hydrogen-bond acceptors (Lipinski definition) is 1. The predicted molar refractivity (Wildman–Crippen MR) is 145 cm³/mol. The largest absolute Gasteiger partial charge is 0.333 e. The van der Waals surface area contributed by atoms with Gasteiger partial charge in [0.05, 0.1) is 23.7 Å². The molecule has 37 heavy (non-hydrogen) atoms. The van der Waals surface area contributed by atoms with Crippen molar-refractivity contribution in [1.82, 2.24) is 0 Å². The maximum Gasteiger partial charge on any atom is 0.239 e. The minimum atomic E-state index is -0.202. The summed E-state index contributed by atoms with van der Waals surface area (Å²) in [5.41, 5.74) is 19.4. The van der Waals surface area contributed by atoms with Crippen LogP contribution in [0.2, 0.25) is 0 Å². The van der Waals surface area contributed by atoms with Gasteiger partial charge in [0.25, 0.3) is 0 Å². The topological polar surface area (TPSA) is 7.12 Å². The van der Waals surface area contributed by atoms with Crippen LogP contribution in [0.25, 0.3) is 0 Å². The Morgan fingerprint density at radius 3 is 2.16 bits per heavy atom. The van der Waals surface area contributed by atoms with Crippen molar-refractivity contribution in [3.63, 3.8) is 0 Å². The second kappa shape index (κ2) is 6.20. The summed E-state index contributed by atoms with van der Waals surface area (Å²) in [6.07, 6.45) is 5.51. The molecule has 2 atom stereocenters. The van der Waals surface area contributed by atoms with E-state index in [0.29, 0.717) is 5.92 Å². The summed E-state index contributed by atoms with van der Waals surface area (Å²) in [6, 6.07) is 34.7. The molecule has 2 aliphatic heterocycles. The first kappa shape index (κ1) is 19.0. The van der Waals surface area contributed by atoms with E-state index in [0.717, 1.165) is 25.8 Å². The van der Waals surface area contributed by atoms with Crippen LogP contribution in [0.15, 0.2) is 97.2 Å². The van der Waals surface area contributed by atoms with Crippen LogP contribution in [-0.4, -0.2) is 6.54 Å². The van der Waals surface area contributed by atoms with Crippen molar-refractivity contribution in [3.05, 3.63) is 159 Å². The molecule has 3 aliphatic carbocycles. The van der Waals surface area contributed by atoms with Gasteiger partial charge in [0.1, 0.15) is 0 Å². The molecule has 174 valence electrons. The third-order valence-electron chi connectivity index (χ3n) is 9.94. The van der Waals surface area contributed by atoms with Gasteiger partial charge < -0.3 is 4.90 Å². The molecule has 0 saturated heterocycles. The monoisotopic (exact) mass is 473 g/mol. The van der Waals surface area contributed by atoms with Crippen LogP contribution in [0.1, 0.15) is 67.2 Å². The highest BCUT2D eigenvalue weighted by Gasteiger charge is 2.63. The number of aromatic nitrogens is 1. The zero-order chi connectivity index (χ0) is 23.9. The standard InChI is InChI=1S/C35H25N2/c1-2-11-27(12-3-1)36-20-35-32-24(9-5-13-28(32)36)19-25-15-14-23-17-21-7-4-8-22-18-26-10-6-16-37(35)34(26)31(29(21)22)30(23)33(25)35/h1-16,31H,17-20H2/q+1. The quantitative estimate of drug-likeness (QED) is 0.261. The van der Waals surface area contributed by atoms with Gasteiger partial charge in [-0.25, -0.2) is 0 Å². The summed E-state index contributed by atoms with van der Waals surface area (Å²) < 4.78 is 2.73. The Balaban J connectivity index is 1.38. The summed E-state index contributed by atoms with van der Waals surface area (Å²) in [7, 11) is 0. The number of anilines is 2. The second-order valence-corrected chi connectivity index (χ2v) is 11.5. The highest BCUT2D eigenvalue weighted by atomic mass is 15.3. The first-order chi connectivity index (χ1) is 18.3. The zero-order valence-electron chi connectivity index (χ0n) is 20.5. The molecule has 2 nitrogen and oxygen atoms in total. The highest BCUT2D eigenvalue weighted by molar-refractivity contribution is 5.79. The Morgan fingerprint density at radius 2 is 1.27 bits per heavy atom. The lowest BCUT2D eigenvalue weighted by molar-refractivity contribution is -0.750. The van der Waals surface area contributed by atoms with Crippen LogP contribution in [-0.2, 0) is 24.8 Å². The van der Waals surface area contributed by atoms with Crippen molar-refractivity contribution in [2.45, 2.75) is 30.7 Å². The molecule has 5 aromatic rings. The molecule has 3 heterocycles. The Hall–Kier alpha value is -4.17. The molecule has 4 aromatic carbocycles. The van der Waals surface area contributed by atoms with Crippen LogP contribution in [0.5, 0.6) is 0 Å². The number of benzene rings is 4. The first-order valence-electron chi connectivity index (χ1n) is 13.6. The van der Waals surface area contributed by atoms with Crippen LogP contribution >= 0.6 is 0 Å². The summed E-state index contributed by atoms with van der Waals surface area (Å²) in [5.74, 6) is 0.347. The van der Waals surface area contributed by atoms with Crippen LogP contribution in [0, 0.1) is 0 Å². The Bertz CT molecular complexity index is 1840. The van der Waals surface area contributed by atoms with Gasteiger partial charge in [-0.05, 0) is 76.1 Å². The maximum absolute atomic E-state index is 2.73. The van der Waals surface area contributed by atoms with Crippen LogP contribution in [0.4, 0.5) is 11.4 Å². The molecule has 2 unspecified atom stereocenters. The minimum Gasteiger partial charge on any atom is -0.333 e. The van der Waals surface area contributed by atoms with Gasteiger partial charge in [0.15, 0.2) is 11.9 Å². The van der Waals surface area contributed by atoms with Crippen molar-refractivity contribution < 1.29 is 4.57 Å². The summed E-state index contributed by atoms with van der Waals surface area (Å²) >= 11 is 0. The fourth-order valence-corrected chi connectivity index (χ4v) is 8.77. The molecule has 0 saturated carbocycles. The Kier molecular flexibility index (Phi) is 3.19. The molecule has 2 heteroatoms. The second-order valence-electron chi connectivity index (χ2n) is 11.5. The van der Waals surface area contributed by atoms with E-state index >= 15 is 0 Å². The molecule has 1 aromatic heterocycles. The smallest absolute Gasteiger partial charge is 0.239 e. The lowest BCUT2D eigenvalue weighted by Crippen LogP contribution is -2.67. The van der Waals surface area contributed by atoms with E-state index in [2.05, 4.69) is 107 Å². The van der Waals surface area contributed by atoms with Crippen molar-refractivity contribution in [3.8, 4) is 0 Å². The summed E-state index contributed by atoms with van der Waals surface area (Å²) in [6.45, 7) is 0.940. The van der Waals surface area contributed by atoms with Gasteiger partial charge in [-0.2, -0.15) is 4.57 Å². The van der Waals surface area contributed by atoms with E-state index in [4.69, 9.17) is 0 Å². The number of pyridine rings is 1. The predicted octanol–water partition coefficient (Wildman–Crippen LogP) is 6.12. The molecule has 0 bridgehead atoms. The van der Waals surface area contributed by atoms with Gasteiger partial charge >= 0.3 is 0 Å². The number of rotatable bonds is 1. The molecule has 10 rings (SSSR count). The lowest BCUT2D eigenvalue weighted by Gasteiger charge is -2.45. The van der Waals surface area contributed by atoms with Gasteiger partial charge in [-0.3, -0.25) is 0 Å². The van der Waals surface area contributed by atoms with E-state index in [1.54, 1.807) is 16.7 Å². The summed E-state index contributed by atoms with van der Waals surface area (Å²) in [5, 5.41) is 0. The third kappa shape index (κ3) is 2.04. The van der Waals surface area contributed by atoms with Gasteiger partial charge in [0, 0.05) is 29.3 Å². The van der Waals surface area contributed by atoms with E-state index in [1.165, 1.54) is 56.0 Å². The van der Waals surface area contributed by atoms with Crippen molar-refractivity contribution in [1.29, 1.82) is 0 Å². The number of nitrogens with zero attached hydrogens (tertiary/aromatic N) is 2. The number of hydrogen-bond donors (Lipinski definition) is 0. The highest BCUT2D eigenvalue weighted by Crippen LogP contribution is 2.59. The van der Waals surface area contributed by atoms with Gasteiger partial charge in [-0.15, -0.1) is 0 Å². The van der Waals surface area contributed by atoms with E-state index in [9.17, 15) is 0 Å². The van der Waals surface area contributed by atoms with E-state index in [-0.39, 0.29) is 5.54 Å². The van der Waals surface area contributed by atoms with Crippen molar-refractivity contribution >= 4 is 11.4 Å². The molecule has 0 fully saturated rings. The average Bonchev–Trinajstić information content (AvgIpc) is 3.30. The molecular weight excluding hydrogens is 448 g/mol. The lowest BCUT2D eigenvalue weighted by atomic mass is 9.60. The van der Waals surface area contributed by atoms with E-state index < -0.39 is 0 Å². The van der Waals surface area contributed by atoms with Gasteiger partial charge in [-0.1, -0.05) is 60.7 Å². The molecule has 5 aliphatic rings. The zero-order valence-corrected chi connectivity index (χ0v) is 20.5. The van der Waals surface area contributed by atoms with Gasteiger partial charge in [0.2, 0.25) is 5.54 Å². The molecule has 1 spiro atoms. The fourth-order valence-electron chi connectivity index (χ4n) is 8.77. The normalized spacial score (nSPS) is 21.9. The minimum absolute atomic E-state index is 0.202. The van der Waals surface area contributed by atoms with Crippen LogP contribution in [0.3, 0.4) is 0 Å². The summed E-state index contributed by atoms with van der Waals surface area (Å²) in [4.78, 5) is 2.59. The number of para-hydroxylation sites is 1. The first-order valence-corrected chi connectivity index (χ1v) is 13.6. The fraction of sp³-hybridized carbons (Fsp3) is 0.171. The van der Waals surface area contributed by atoms with Crippen LogP contribution < -0.4 is 9.47 Å². The Morgan fingerprint density at radius 1 is 0.595 bits per heavy atom. The third-order valence-corrected chi connectivity index (χ3v) is 9.94. The molecular formula is C35H25N2+. The average molecular weight is 474 g/mol. The SMILES string of the molecule is c1ccc(N2CC34c5c(cccc52)Cc2ccc5c(c23)C2c3c(cccc3Cc3ccc[n+]4c32)C5)cc1. The molecule has 0 N–H and O–H groups in total.